The predicted molar refractivity (Wildman–Crippen MR) is 76.7 cm³/mol. The summed E-state index contributed by atoms with van der Waals surface area (Å²) in [5.41, 5.74) is 0.0255. The van der Waals surface area contributed by atoms with Gasteiger partial charge in [0, 0.05) is 16.0 Å². The highest BCUT2D eigenvalue weighted by atomic mass is 79.9. The van der Waals surface area contributed by atoms with Gasteiger partial charge in [0.25, 0.3) is 5.91 Å². The second-order valence-electron chi connectivity index (χ2n) is 3.90. The smallest absolute Gasteiger partial charge is 0.255 e. The Morgan fingerprint density at radius 1 is 1.58 bits per heavy atom. The van der Waals surface area contributed by atoms with Gasteiger partial charge < -0.3 is 5.32 Å². The molecule has 1 aromatic heterocycles. The summed E-state index contributed by atoms with van der Waals surface area (Å²) in [5.74, 6) is -0.979. The number of aromatic nitrogens is 1. The highest BCUT2D eigenvalue weighted by Crippen LogP contribution is 2.23. The van der Waals surface area contributed by atoms with Crippen molar-refractivity contribution in [1.29, 1.82) is 0 Å². The maximum Gasteiger partial charge on any atom is 0.255 e. The fourth-order valence-electron chi connectivity index (χ4n) is 1.69. The lowest BCUT2D eigenvalue weighted by molar-refractivity contribution is 0.0930. The van der Waals surface area contributed by atoms with Crippen LogP contribution in [0.25, 0.3) is 0 Å². The molecule has 0 spiro atoms. The molecule has 100 valence electrons. The molecule has 1 N–H and O–H groups in total. The molecule has 0 bridgehead atoms. The van der Waals surface area contributed by atoms with Crippen molar-refractivity contribution < 1.29 is 9.18 Å². The first-order valence-electron chi connectivity index (χ1n) is 5.77. The number of thiazole rings is 1. The zero-order chi connectivity index (χ0) is 13.8. The number of benzene rings is 1. The van der Waals surface area contributed by atoms with Gasteiger partial charge in [0.15, 0.2) is 0 Å². The van der Waals surface area contributed by atoms with Crippen LogP contribution in [0.2, 0.25) is 0 Å². The van der Waals surface area contributed by atoms with Crippen LogP contribution in [0.1, 0.15) is 34.8 Å². The summed E-state index contributed by atoms with van der Waals surface area (Å²) in [6.45, 7) is 1.95. The van der Waals surface area contributed by atoms with Crippen LogP contribution in [0.5, 0.6) is 0 Å². The molecule has 1 heterocycles. The van der Waals surface area contributed by atoms with Crippen molar-refractivity contribution in [2.45, 2.75) is 19.4 Å². The number of carbonyl (C=O) groups excluding carboxylic acids is 1. The molecule has 0 saturated heterocycles. The number of hydrogen-bond acceptors (Lipinski definition) is 3. The Morgan fingerprint density at radius 3 is 2.95 bits per heavy atom. The van der Waals surface area contributed by atoms with Gasteiger partial charge in [-0.25, -0.2) is 9.37 Å². The van der Waals surface area contributed by atoms with Crippen molar-refractivity contribution in [3.8, 4) is 0 Å². The van der Waals surface area contributed by atoms with Crippen LogP contribution in [-0.4, -0.2) is 10.9 Å². The molecule has 0 radical (unpaired) electrons. The number of rotatable bonds is 4. The van der Waals surface area contributed by atoms with Crippen LogP contribution in [0.15, 0.2) is 34.2 Å². The van der Waals surface area contributed by atoms with E-state index in [1.807, 2.05) is 12.3 Å². The third-order valence-corrected chi connectivity index (χ3v) is 4.20. The van der Waals surface area contributed by atoms with Crippen LogP contribution in [0, 0.1) is 5.82 Å². The van der Waals surface area contributed by atoms with Gasteiger partial charge in [-0.15, -0.1) is 11.3 Å². The lowest BCUT2D eigenvalue weighted by atomic mass is 10.1. The van der Waals surface area contributed by atoms with E-state index in [0.29, 0.717) is 10.9 Å². The Balaban J connectivity index is 2.21. The van der Waals surface area contributed by atoms with Crippen molar-refractivity contribution in [1.82, 2.24) is 10.3 Å². The number of carbonyl (C=O) groups is 1. The van der Waals surface area contributed by atoms with Gasteiger partial charge in [-0.3, -0.25) is 4.79 Å². The van der Waals surface area contributed by atoms with Gasteiger partial charge in [0.1, 0.15) is 10.8 Å². The molecule has 2 rings (SSSR count). The summed E-state index contributed by atoms with van der Waals surface area (Å²) >= 11 is 4.66. The Kier molecular flexibility index (Phi) is 4.66. The molecule has 19 heavy (non-hydrogen) atoms. The molecule has 1 unspecified atom stereocenters. The Labute approximate surface area is 123 Å². The van der Waals surface area contributed by atoms with Gasteiger partial charge in [0.2, 0.25) is 0 Å². The van der Waals surface area contributed by atoms with Crippen molar-refractivity contribution in [3.63, 3.8) is 0 Å². The molecule has 0 aliphatic heterocycles. The molecular weight excluding hydrogens is 331 g/mol. The van der Waals surface area contributed by atoms with Crippen molar-refractivity contribution in [2.24, 2.45) is 0 Å². The normalized spacial score (nSPS) is 12.2. The summed E-state index contributed by atoms with van der Waals surface area (Å²) in [6.07, 6.45) is 2.39. The second-order valence-corrected chi connectivity index (χ2v) is 5.68. The summed E-state index contributed by atoms with van der Waals surface area (Å²) in [6, 6.07) is 4.26. The van der Waals surface area contributed by atoms with E-state index in [4.69, 9.17) is 0 Å². The Bertz CT molecular complexity index is 554. The first-order valence-corrected chi connectivity index (χ1v) is 7.45. The van der Waals surface area contributed by atoms with E-state index in [2.05, 4.69) is 26.2 Å². The van der Waals surface area contributed by atoms with Crippen LogP contribution in [-0.2, 0) is 0 Å². The van der Waals surface area contributed by atoms with Crippen molar-refractivity contribution in [3.05, 3.63) is 50.6 Å². The summed E-state index contributed by atoms with van der Waals surface area (Å²) in [5, 5.41) is 5.48. The molecule has 0 fully saturated rings. The minimum atomic E-state index is -0.541. The van der Waals surface area contributed by atoms with Crippen molar-refractivity contribution in [2.75, 3.05) is 0 Å². The van der Waals surface area contributed by atoms with Gasteiger partial charge in [-0.05, 0) is 34.5 Å². The van der Waals surface area contributed by atoms with Crippen LogP contribution in [0.3, 0.4) is 0 Å². The summed E-state index contributed by atoms with van der Waals surface area (Å²) < 4.78 is 14.1. The minimum absolute atomic E-state index is 0.0255. The van der Waals surface area contributed by atoms with Gasteiger partial charge >= 0.3 is 0 Å². The van der Waals surface area contributed by atoms with Gasteiger partial charge in [-0.1, -0.05) is 13.0 Å². The maximum absolute atomic E-state index is 13.7. The molecule has 2 aromatic rings. The quantitative estimate of drug-likeness (QED) is 0.914. The van der Waals surface area contributed by atoms with Crippen LogP contribution < -0.4 is 5.32 Å². The fraction of sp³-hybridized carbons (Fsp3) is 0.231. The average Bonchev–Trinajstić information content (AvgIpc) is 2.89. The van der Waals surface area contributed by atoms with Gasteiger partial charge in [-0.2, -0.15) is 0 Å². The highest BCUT2D eigenvalue weighted by Gasteiger charge is 2.20. The SMILES string of the molecule is CCC(NC(=O)c1c(F)cccc1Br)c1nccs1. The highest BCUT2D eigenvalue weighted by molar-refractivity contribution is 9.10. The Morgan fingerprint density at radius 2 is 2.37 bits per heavy atom. The lowest BCUT2D eigenvalue weighted by Crippen LogP contribution is -2.29. The molecule has 6 heteroatoms. The van der Waals surface area contributed by atoms with E-state index in [1.165, 1.54) is 17.4 Å². The lowest BCUT2D eigenvalue weighted by Gasteiger charge is -2.15. The average molecular weight is 343 g/mol. The van der Waals surface area contributed by atoms with E-state index in [0.717, 1.165) is 5.01 Å². The third kappa shape index (κ3) is 3.19. The zero-order valence-electron chi connectivity index (χ0n) is 10.2. The maximum atomic E-state index is 13.7. The minimum Gasteiger partial charge on any atom is -0.343 e. The van der Waals surface area contributed by atoms with Gasteiger partial charge in [0.05, 0.1) is 11.6 Å². The molecule has 1 aromatic carbocycles. The fourth-order valence-corrected chi connectivity index (χ4v) is 2.98. The standard InChI is InChI=1S/C13H12BrFN2OS/c1-2-10(13-16-6-7-19-13)17-12(18)11-8(14)4-3-5-9(11)15/h3-7,10H,2H2,1H3,(H,17,18). The number of hydrogen-bond donors (Lipinski definition) is 1. The molecule has 0 saturated carbocycles. The van der Waals surface area contributed by atoms with E-state index < -0.39 is 11.7 Å². The molecule has 1 amide bonds. The molecule has 0 aliphatic carbocycles. The monoisotopic (exact) mass is 342 g/mol. The second kappa shape index (κ2) is 6.25. The first-order chi connectivity index (χ1) is 9.13. The first kappa shape index (κ1) is 14.1. The van der Waals surface area contributed by atoms with Crippen LogP contribution in [0.4, 0.5) is 4.39 Å². The van der Waals surface area contributed by atoms with E-state index in [-0.39, 0.29) is 11.6 Å². The molecule has 1 atom stereocenters. The number of nitrogens with zero attached hydrogens (tertiary/aromatic N) is 1. The van der Waals surface area contributed by atoms with E-state index in [1.54, 1.807) is 18.3 Å². The molecule has 3 nitrogen and oxygen atoms in total. The predicted octanol–water partition coefficient (Wildman–Crippen LogP) is 3.93. The number of halogens is 2. The zero-order valence-corrected chi connectivity index (χ0v) is 12.6. The number of nitrogens with one attached hydrogen (secondary N) is 1. The molecule has 0 aliphatic rings. The van der Waals surface area contributed by atoms with E-state index >= 15 is 0 Å². The summed E-state index contributed by atoms with van der Waals surface area (Å²) in [7, 11) is 0. The number of amides is 1. The third-order valence-electron chi connectivity index (χ3n) is 2.65. The molecular formula is C13H12BrFN2OS. The van der Waals surface area contributed by atoms with Crippen LogP contribution >= 0.6 is 27.3 Å². The Hall–Kier alpha value is -1.27. The van der Waals surface area contributed by atoms with E-state index in [9.17, 15) is 9.18 Å². The topological polar surface area (TPSA) is 42.0 Å². The summed E-state index contributed by atoms with van der Waals surface area (Å²) in [4.78, 5) is 16.3. The largest absolute Gasteiger partial charge is 0.343 e. The van der Waals surface area contributed by atoms with Crippen molar-refractivity contribution >= 4 is 33.2 Å².